The van der Waals surface area contributed by atoms with Gasteiger partial charge in [-0.3, -0.25) is 0 Å². The summed E-state index contributed by atoms with van der Waals surface area (Å²) in [5.41, 5.74) is 1.41. The maximum absolute atomic E-state index is 3.47. The zero-order valence-corrected chi connectivity index (χ0v) is 7.97. The van der Waals surface area contributed by atoms with Crippen molar-refractivity contribution in [2.24, 2.45) is 0 Å². The molecule has 0 atom stereocenters. The van der Waals surface area contributed by atoms with Gasteiger partial charge in [-0.2, -0.15) is 0 Å². The standard InChI is InChI=1S/C7H9BrS/c1-3-7-5(2)6(8)4-9-7/h4H,3H2,1-2H3. The first-order chi connectivity index (χ1) is 4.25. The highest BCUT2D eigenvalue weighted by Gasteiger charge is 2.00. The molecule has 50 valence electrons. The van der Waals surface area contributed by atoms with Crippen molar-refractivity contribution >= 4 is 27.3 Å². The van der Waals surface area contributed by atoms with Crippen LogP contribution in [0.3, 0.4) is 0 Å². The zero-order valence-electron chi connectivity index (χ0n) is 5.57. The molecule has 0 aliphatic rings. The monoisotopic (exact) mass is 204 g/mol. The van der Waals surface area contributed by atoms with Crippen LogP contribution in [-0.4, -0.2) is 0 Å². The Kier molecular flexibility index (Phi) is 2.30. The van der Waals surface area contributed by atoms with Crippen LogP contribution in [0, 0.1) is 6.92 Å². The first-order valence-corrected chi connectivity index (χ1v) is 4.65. The first-order valence-electron chi connectivity index (χ1n) is 2.98. The normalized spacial score (nSPS) is 10.1. The molecule has 1 rings (SSSR count). The minimum atomic E-state index is 1.15. The van der Waals surface area contributed by atoms with Gasteiger partial charge >= 0.3 is 0 Å². The minimum absolute atomic E-state index is 1.15. The van der Waals surface area contributed by atoms with E-state index in [4.69, 9.17) is 0 Å². The van der Waals surface area contributed by atoms with Crippen molar-refractivity contribution in [2.45, 2.75) is 20.3 Å². The van der Waals surface area contributed by atoms with Crippen molar-refractivity contribution in [2.75, 3.05) is 0 Å². The van der Waals surface area contributed by atoms with E-state index >= 15 is 0 Å². The summed E-state index contributed by atoms with van der Waals surface area (Å²) in [4.78, 5) is 1.49. The molecule has 0 saturated heterocycles. The van der Waals surface area contributed by atoms with Gasteiger partial charge in [0.05, 0.1) is 0 Å². The van der Waals surface area contributed by atoms with E-state index in [2.05, 4.69) is 35.2 Å². The molecule has 1 aromatic rings. The van der Waals surface area contributed by atoms with Gasteiger partial charge < -0.3 is 0 Å². The predicted molar refractivity (Wildman–Crippen MR) is 46.1 cm³/mol. The van der Waals surface area contributed by atoms with Crippen LogP contribution in [0.1, 0.15) is 17.4 Å². The Hall–Kier alpha value is 0.180. The maximum atomic E-state index is 3.47. The Balaban J connectivity index is 3.04. The maximum Gasteiger partial charge on any atom is 0.0314 e. The molecular weight excluding hydrogens is 196 g/mol. The number of thiophene rings is 1. The molecule has 0 saturated carbocycles. The van der Waals surface area contributed by atoms with E-state index in [1.54, 1.807) is 0 Å². The average molecular weight is 205 g/mol. The van der Waals surface area contributed by atoms with Gasteiger partial charge in [-0.15, -0.1) is 11.3 Å². The smallest absolute Gasteiger partial charge is 0.0314 e. The van der Waals surface area contributed by atoms with Crippen molar-refractivity contribution in [3.8, 4) is 0 Å². The third-order valence-electron chi connectivity index (χ3n) is 1.40. The summed E-state index contributed by atoms with van der Waals surface area (Å²) in [5, 5.41) is 2.15. The van der Waals surface area contributed by atoms with Crippen molar-refractivity contribution in [3.05, 3.63) is 20.3 Å². The summed E-state index contributed by atoms with van der Waals surface area (Å²) in [6.07, 6.45) is 1.15. The van der Waals surface area contributed by atoms with Crippen molar-refractivity contribution in [3.63, 3.8) is 0 Å². The van der Waals surface area contributed by atoms with Crippen LogP contribution >= 0.6 is 27.3 Å². The van der Waals surface area contributed by atoms with Gasteiger partial charge in [-0.1, -0.05) is 6.92 Å². The molecule has 0 aromatic carbocycles. The second kappa shape index (κ2) is 2.84. The lowest BCUT2D eigenvalue weighted by atomic mass is 10.2. The minimum Gasteiger partial charge on any atom is -0.147 e. The Morgan fingerprint density at radius 2 is 2.33 bits per heavy atom. The predicted octanol–water partition coefficient (Wildman–Crippen LogP) is 3.38. The first kappa shape index (κ1) is 7.29. The van der Waals surface area contributed by atoms with Gasteiger partial charge in [-0.05, 0) is 34.8 Å². The molecule has 1 aromatic heterocycles. The highest BCUT2D eigenvalue weighted by Crippen LogP contribution is 2.26. The molecule has 1 heterocycles. The van der Waals surface area contributed by atoms with E-state index in [1.807, 2.05) is 11.3 Å². The summed E-state index contributed by atoms with van der Waals surface area (Å²) < 4.78 is 1.25. The van der Waals surface area contributed by atoms with E-state index in [9.17, 15) is 0 Å². The molecule has 0 fully saturated rings. The van der Waals surface area contributed by atoms with Crippen molar-refractivity contribution < 1.29 is 0 Å². The number of aryl methyl sites for hydroxylation is 1. The highest BCUT2D eigenvalue weighted by atomic mass is 79.9. The quantitative estimate of drug-likeness (QED) is 0.659. The van der Waals surface area contributed by atoms with Crippen LogP contribution in [0.4, 0.5) is 0 Å². The molecule has 0 radical (unpaired) electrons. The Morgan fingerprint density at radius 1 is 1.67 bits per heavy atom. The summed E-state index contributed by atoms with van der Waals surface area (Å²) >= 11 is 5.30. The third kappa shape index (κ3) is 1.36. The molecular formula is C7H9BrS. The molecule has 0 aliphatic carbocycles. The second-order valence-electron chi connectivity index (χ2n) is 1.99. The second-order valence-corrected chi connectivity index (χ2v) is 3.80. The van der Waals surface area contributed by atoms with Gasteiger partial charge in [-0.25, -0.2) is 0 Å². The van der Waals surface area contributed by atoms with E-state index in [-0.39, 0.29) is 0 Å². The topological polar surface area (TPSA) is 0 Å². The zero-order chi connectivity index (χ0) is 6.85. The van der Waals surface area contributed by atoms with Crippen LogP contribution in [0.25, 0.3) is 0 Å². The summed E-state index contributed by atoms with van der Waals surface area (Å²) in [6, 6.07) is 0. The lowest BCUT2D eigenvalue weighted by molar-refractivity contribution is 1.16. The van der Waals surface area contributed by atoms with Crippen LogP contribution in [0.5, 0.6) is 0 Å². The Morgan fingerprint density at radius 3 is 2.56 bits per heavy atom. The van der Waals surface area contributed by atoms with Gasteiger partial charge in [0.15, 0.2) is 0 Å². The molecule has 0 nitrogen and oxygen atoms in total. The molecule has 2 heteroatoms. The highest BCUT2D eigenvalue weighted by molar-refractivity contribution is 9.10. The fourth-order valence-corrected chi connectivity index (χ4v) is 2.31. The SMILES string of the molecule is CCc1scc(Br)c1C. The Bertz CT molecular complexity index is 203. The Labute approximate surface area is 68.0 Å². The van der Waals surface area contributed by atoms with Crippen LogP contribution in [0.2, 0.25) is 0 Å². The van der Waals surface area contributed by atoms with Crippen LogP contribution < -0.4 is 0 Å². The summed E-state index contributed by atoms with van der Waals surface area (Å²) in [5.74, 6) is 0. The number of hydrogen-bond acceptors (Lipinski definition) is 1. The number of rotatable bonds is 1. The lowest BCUT2D eigenvalue weighted by Crippen LogP contribution is -1.75. The molecule has 0 N–H and O–H groups in total. The number of halogens is 1. The number of hydrogen-bond donors (Lipinski definition) is 0. The molecule has 0 unspecified atom stereocenters. The van der Waals surface area contributed by atoms with Gasteiger partial charge in [0.2, 0.25) is 0 Å². The molecule has 0 aliphatic heterocycles. The van der Waals surface area contributed by atoms with Crippen molar-refractivity contribution in [1.29, 1.82) is 0 Å². The lowest BCUT2D eigenvalue weighted by Gasteiger charge is -1.90. The van der Waals surface area contributed by atoms with Gasteiger partial charge in [0, 0.05) is 14.7 Å². The van der Waals surface area contributed by atoms with Crippen molar-refractivity contribution in [1.82, 2.24) is 0 Å². The fourth-order valence-electron chi connectivity index (χ4n) is 0.781. The van der Waals surface area contributed by atoms with Crippen LogP contribution in [-0.2, 0) is 6.42 Å². The van der Waals surface area contributed by atoms with E-state index in [0.29, 0.717) is 0 Å². The van der Waals surface area contributed by atoms with E-state index in [0.717, 1.165) is 6.42 Å². The summed E-state index contributed by atoms with van der Waals surface area (Å²) in [7, 11) is 0. The van der Waals surface area contributed by atoms with Gasteiger partial charge in [0.1, 0.15) is 0 Å². The third-order valence-corrected chi connectivity index (χ3v) is 3.76. The average Bonchev–Trinajstić information content (AvgIpc) is 2.15. The summed E-state index contributed by atoms with van der Waals surface area (Å²) in [6.45, 7) is 4.34. The molecule has 9 heavy (non-hydrogen) atoms. The van der Waals surface area contributed by atoms with E-state index in [1.165, 1.54) is 14.9 Å². The largest absolute Gasteiger partial charge is 0.147 e. The molecule has 0 amide bonds. The van der Waals surface area contributed by atoms with E-state index < -0.39 is 0 Å². The van der Waals surface area contributed by atoms with Crippen LogP contribution in [0.15, 0.2) is 9.85 Å². The fraction of sp³-hybridized carbons (Fsp3) is 0.429. The molecule has 0 bridgehead atoms. The van der Waals surface area contributed by atoms with Gasteiger partial charge in [0.25, 0.3) is 0 Å². The molecule has 0 spiro atoms.